The summed E-state index contributed by atoms with van der Waals surface area (Å²) < 4.78 is 0. The first-order valence-corrected chi connectivity index (χ1v) is 7.16. The normalized spacial score (nSPS) is 19.4. The molecule has 2 N–H and O–H groups in total. The number of likely N-dealkylation sites (tertiary alicyclic amines) is 1. The largest absolute Gasteiger partial charge is 0.337 e. The van der Waals surface area contributed by atoms with Crippen LogP contribution in [0.3, 0.4) is 0 Å². The number of carbonyl (C=O) groups is 1. The molecule has 1 fully saturated rings. The molecule has 0 bridgehead atoms. The molecule has 1 unspecified atom stereocenters. The predicted molar refractivity (Wildman–Crippen MR) is 78.6 cm³/mol. The number of aromatic nitrogens is 2. The number of para-hydroxylation sites is 1. The molecule has 5 nitrogen and oxygen atoms in total. The summed E-state index contributed by atoms with van der Waals surface area (Å²) in [6, 6.07) is 7.77. The Bertz CT molecular complexity index is 605. The minimum Gasteiger partial charge on any atom is -0.337 e. The number of carbonyl (C=O) groups excluding carboxylic acids is 1. The molecule has 106 valence electrons. The lowest BCUT2D eigenvalue weighted by Gasteiger charge is -2.32. The van der Waals surface area contributed by atoms with Crippen molar-refractivity contribution < 1.29 is 4.79 Å². The molecule has 0 radical (unpaired) electrons. The van der Waals surface area contributed by atoms with E-state index in [-0.39, 0.29) is 5.91 Å². The minimum absolute atomic E-state index is 0.0447. The summed E-state index contributed by atoms with van der Waals surface area (Å²) in [6.07, 6.45) is 2.26. The van der Waals surface area contributed by atoms with Gasteiger partial charge < -0.3 is 10.2 Å². The van der Waals surface area contributed by atoms with Crippen molar-refractivity contribution in [2.45, 2.75) is 12.8 Å². The fourth-order valence-corrected chi connectivity index (χ4v) is 2.98. The van der Waals surface area contributed by atoms with Gasteiger partial charge in [-0.1, -0.05) is 18.2 Å². The highest BCUT2D eigenvalue weighted by molar-refractivity contribution is 6.04. The van der Waals surface area contributed by atoms with Crippen LogP contribution in [0.2, 0.25) is 0 Å². The van der Waals surface area contributed by atoms with Crippen LogP contribution in [0.1, 0.15) is 23.3 Å². The highest BCUT2D eigenvalue weighted by Crippen LogP contribution is 2.21. The first-order valence-electron chi connectivity index (χ1n) is 7.16. The SMILES string of the molecule is CNCC1CCCN(C(=O)c2n[nH]c3ccccc23)C1. The third-order valence-electron chi connectivity index (χ3n) is 3.97. The molecule has 1 aliphatic heterocycles. The molecule has 2 aromatic rings. The quantitative estimate of drug-likeness (QED) is 0.893. The van der Waals surface area contributed by atoms with Crippen molar-refractivity contribution in [2.24, 2.45) is 5.92 Å². The Labute approximate surface area is 118 Å². The topological polar surface area (TPSA) is 61.0 Å². The van der Waals surface area contributed by atoms with E-state index in [1.807, 2.05) is 36.2 Å². The van der Waals surface area contributed by atoms with Crippen LogP contribution in [0.15, 0.2) is 24.3 Å². The summed E-state index contributed by atoms with van der Waals surface area (Å²) in [7, 11) is 1.96. The zero-order valence-electron chi connectivity index (χ0n) is 11.7. The molecule has 20 heavy (non-hydrogen) atoms. The van der Waals surface area contributed by atoms with Gasteiger partial charge in [0.2, 0.25) is 0 Å². The zero-order chi connectivity index (χ0) is 13.9. The Hall–Kier alpha value is -1.88. The van der Waals surface area contributed by atoms with Gasteiger partial charge in [-0.2, -0.15) is 5.10 Å². The van der Waals surface area contributed by atoms with Crippen LogP contribution >= 0.6 is 0 Å². The third-order valence-corrected chi connectivity index (χ3v) is 3.97. The fourth-order valence-electron chi connectivity index (χ4n) is 2.98. The van der Waals surface area contributed by atoms with Gasteiger partial charge in [0, 0.05) is 18.5 Å². The Morgan fingerprint density at radius 3 is 3.20 bits per heavy atom. The standard InChI is InChI=1S/C15H20N4O/c1-16-9-11-5-4-8-19(10-11)15(20)14-12-6-2-3-7-13(12)17-18-14/h2-3,6-7,11,16H,4-5,8-10H2,1H3,(H,17,18). The summed E-state index contributed by atoms with van der Waals surface area (Å²) >= 11 is 0. The number of amides is 1. The van der Waals surface area contributed by atoms with Crippen molar-refractivity contribution in [2.75, 3.05) is 26.7 Å². The number of nitrogens with one attached hydrogen (secondary N) is 2. The van der Waals surface area contributed by atoms with E-state index in [2.05, 4.69) is 15.5 Å². The van der Waals surface area contributed by atoms with Crippen LogP contribution in [0.4, 0.5) is 0 Å². The Kier molecular flexibility index (Phi) is 3.69. The number of H-pyrrole nitrogens is 1. The maximum Gasteiger partial charge on any atom is 0.275 e. The second kappa shape index (κ2) is 5.63. The van der Waals surface area contributed by atoms with Gasteiger partial charge >= 0.3 is 0 Å². The van der Waals surface area contributed by atoms with Crippen LogP contribution in [-0.2, 0) is 0 Å². The third kappa shape index (κ3) is 2.41. The molecule has 0 aliphatic carbocycles. The van der Waals surface area contributed by atoms with Crippen LogP contribution < -0.4 is 5.32 Å². The summed E-state index contributed by atoms with van der Waals surface area (Å²) in [5.41, 5.74) is 1.46. The van der Waals surface area contributed by atoms with E-state index in [4.69, 9.17) is 0 Å². The van der Waals surface area contributed by atoms with E-state index in [1.54, 1.807) is 0 Å². The molecule has 1 aromatic heterocycles. The van der Waals surface area contributed by atoms with E-state index in [0.29, 0.717) is 11.6 Å². The first kappa shape index (κ1) is 13.1. The van der Waals surface area contributed by atoms with Crippen molar-refractivity contribution in [1.29, 1.82) is 0 Å². The first-order chi connectivity index (χ1) is 9.79. The molecule has 1 aromatic carbocycles. The number of benzene rings is 1. The molecule has 1 saturated heterocycles. The number of piperidine rings is 1. The van der Waals surface area contributed by atoms with Gasteiger partial charge in [-0.05, 0) is 38.4 Å². The monoisotopic (exact) mass is 272 g/mol. The molecular weight excluding hydrogens is 252 g/mol. The lowest BCUT2D eigenvalue weighted by Crippen LogP contribution is -2.42. The molecule has 2 heterocycles. The number of fused-ring (bicyclic) bond motifs is 1. The second-order valence-electron chi connectivity index (χ2n) is 5.43. The van der Waals surface area contributed by atoms with Crippen molar-refractivity contribution in [3.8, 4) is 0 Å². The highest BCUT2D eigenvalue weighted by Gasteiger charge is 2.26. The Balaban J connectivity index is 1.81. The van der Waals surface area contributed by atoms with Gasteiger partial charge in [0.1, 0.15) is 0 Å². The van der Waals surface area contributed by atoms with Gasteiger partial charge in [-0.15, -0.1) is 0 Å². The van der Waals surface area contributed by atoms with E-state index < -0.39 is 0 Å². The number of hydrogen-bond donors (Lipinski definition) is 2. The molecule has 1 amide bonds. The summed E-state index contributed by atoms with van der Waals surface area (Å²) in [4.78, 5) is 14.6. The van der Waals surface area contributed by atoms with E-state index in [1.165, 1.54) is 6.42 Å². The molecule has 3 rings (SSSR count). The lowest BCUT2D eigenvalue weighted by molar-refractivity contribution is 0.0670. The summed E-state index contributed by atoms with van der Waals surface area (Å²) in [5, 5.41) is 11.3. The average Bonchev–Trinajstić information content (AvgIpc) is 2.91. The van der Waals surface area contributed by atoms with Crippen LogP contribution in [0, 0.1) is 5.92 Å². The maximum atomic E-state index is 12.6. The van der Waals surface area contributed by atoms with Gasteiger partial charge in [-0.3, -0.25) is 9.89 Å². The van der Waals surface area contributed by atoms with Gasteiger partial charge in [0.25, 0.3) is 5.91 Å². The van der Waals surface area contributed by atoms with Gasteiger partial charge in [0.15, 0.2) is 5.69 Å². The Morgan fingerprint density at radius 1 is 1.50 bits per heavy atom. The molecular formula is C15H20N4O. The van der Waals surface area contributed by atoms with Crippen molar-refractivity contribution in [3.05, 3.63) is 30.0 Å². The van der Waals surface area contributed by atoms with Crippen LogP contribution in [0.5, 0.6) is 0 Å². The summed E-state index contributed by atoms with van der Waals surface area (Å²) in [5.74, 6) is 0.589. The number of hydrogen-bond acceptors (Lipinski definition) is 3. The van der Waals surface area contributed by atoms with Gasteiger partial charge in [0.05, 0.1) is 5.52 Å². The smallest absolute Gasteiger partial charge is 0.275 e. The fraction of sp³-hybridized carbons (Fsp3) is 0.467. The van der Waals surface area contributed by atoms with Gasteiger partial charge in [-0.25, -0.2) is 0 Å². The molecule has 5 heteroatoms. The predicted octanol–water partition coefficient (Wildman–Crippen LogP) is 1.63. The van der Waals surface area contributed by atoms with E-state index in [9.17, 15) is 4.79 Å². The Morgan fingerprint density at radius 2 is 2.35 bits per heavy atom. The molecule has 1 aliphatic rings. The molecule has 1 atom stereocenters. The molecule has 0 saturated carbocycles. The average molecular weight is 272 g/mol. The van der Waals surface area contributed by atoms with Crippen molar-refractivity contribution >= 4 is 16.8 Å². The number of aromatic amines is 1. The second-order valence-corrected chi connectivity index (χ2v) is 5.43. The summed E-state index contributed by atoms with van der Waals surface area (Å²) in [6.45, 7) is 2.62. The maximum absolute atomic E-state index is 12.6. The van der Waals surface area contributed by atoms with E-state index >= 15 is 0 Å². The van der Waals surface area contributed by atoms with Crippen LogP contribution in [0.25, 0.3) is 10.9 Å². The lowest BCUT2D eigenvalue weighted by atomic mass is 9.97. The minimum atomic E-state index is 0.0447. The van der Waals surface area contributed by atoms with Crippen molar-refractivity contribution in [3.63, 3.8) is 0 Å². The number of nitrogens with zero attached hydrogens (tertiary/aromatic N) is 2. The van der Waals surface area contributed by atoms with Crippen molar-refractivity contribution in [1.82, 2.24) is 20.4 Å². The zero-order valence-corrected chi connectivity index (χ0v) is 11.7. The van der Waals surface area contributed by atoms with Crippen LogP contribution in [-0.4, -0.2) is 47.7 Å². The highest BCUT2D eigenvalue weighted by atomic mass is 16.2. The number of rotatable bonds is 3. The molecule has 0 spiro atoms. The van der Waals surface area contributed by atoms with E-state index in [0.717, 1.165) is 37.0 Å².